The molecule has 0 aliphatic heterocycles. The predicted molar refractivity (Wildman–Crippen MR) is 73.8 cm³/mol. The van der Waals surface area contributed by atoms with Crippen LogP contribution in [-0.4, -0.2) is 40.4 Å². The highest BCUT2D eigenvalue weighted by Gasteiger charge is 2.32. The van der Waals surface area contributed by atoms with Crippen LogP contribution in [0.1, 0.15) is 13.8 Å². The number of nitrogens with zero attached hydrogens (tertiary/aromatic N) is 2. The lowest BCUT2D eigenvalue weighted by atomic mass is 10.4. The van der Waals surface area contributed by atoms with Crippen molar-refractivity contribution in [2.24, 2.45) is 0 Å². The van der Waals surface area contributed by atoms with Gasteiger partial charge in [0.1, 0.15) is 11.6 Å². The van der Waals surface area contributed by atoms with Gasteiger partial charge in [0.2, 0.25) is 5.25 Å². The van der Waals surface area contributed by atoms with E-state index in [1.54, 1.807) is 13.8 Å². The standard InChI is InChI=1S/C11H16N4O4S/c1-3-18-9(16)8(10(17)19-4-2)20-11-14-6(12)5-7(13)15-11/h5,8H,3-4H2,1-2H3,(H4,12,13,14,15). The summed E-state index contributed by atoms with van der Waals surface area (Å²) >= 11 is 0.782. The Morgan fingerprint density at radius 3 is 2.00 bits per heavy atom. The van der Waals surface area contributed by atoms with Gasteiger partial charge in [-0.1, -0.05) is 11.8 Å². The zero-order valence-electron chi connectivity index (χ0n) is 11.2. The van der Waals surface area contributed by atoms with Gasteiger partial charge >= 0.3 is 11.9 Å². The van der Waals surface area contributed by atoms with Gasteiger partial charge in [0.15, 0.2) is 5.16 Å². The number of aromatic nitrogens is 2. The fourth-order valence-corrected chi connectivity index (χ4v) is 2.10. The number of hydrogen-bond donors (Lipinski definition) is 2. The Labute approximate surface area is 120 Å². The van der Waals surface area contributed by atoms with E-state index in [4.69, 9.17) is 20.9 Å². The number of esters is 2. The summed E-state index contributed by atoms with van der Waals surface area (Å²) < 4.78 is 9.65. The minimum absolute atomic E-state index is 0.105. The Hall–Kier alpha value is -2.03. The molecule has 0 saturated carbocycles. The van der Waals surface area contributed by atoms with Crippen LogP contribution < -0.4 is 11.5 Å². The lowest BCUT2D eigenvalue weighted by molar-refractivity contribution is -0.152. The highest BCUT2D eigenvalue weighted by molar-refractivity contribution is 8.01. The van der Waals surface area contributed by atoms with E-state index in [2.05, 4.69) is 9.97 Å². The molecule has 0 aromatic carbocycles. The van der Waals surface area contributed by atoms with E-state index in [1.807, 2.05) is 0 Å². The third-order valence-electron chi connectivity index (χ3n) is 1.97. The van der Waals surface area contributed by atoms with Gasteiger partial charge in [-0.05, 0) is 13.8 Å². The normalized spacial score (nSPS) is 10.3. The van der Waals surface area contributed by atoms with Gasteiger partial charge in [-0.3, -0.25) is 9.59 Å². The summed E-state index contributed by atoms with van der Waals surface area (Å²) in [4.78, 5) is 31.3. The van der Waals surface area contributed by atoms with E-state index >= 15 is 0 Å². The molecule has 0 atom stereocenters. The Morgan fingerprint density at radius 2 is 1.60 bits per heavy atom. The van der Waals surface area contributed by atoms with Crippen LogP contribution in [0, 0.1) is 0 Å². The van der Waals surface area contributed by atoms with E-state index in [-0.39, 0.29) is 30.0 Å². The van der Waals surface area contributed by atoms with E-state index in [0.717, 1.165) is 11.8 Å². The van der Waals surface area contributed by atoms with Gasteiger partial charge in [-0.15, -0.1) is 0 Å². The first-order chi connectivity index (χ1) is 9.47. The van der Waals surface area contributed by atoms with E-state index < -0.39 is 17.2 Å². The zero-order valence-corrected chi connectivity index (χ0v) is 12.0. The molecule has 9 heteroatoms. The third kappa shape index (κ3) is 4.57. The second kappa shape index (κ2) is 7.53. The summed E-state index contributed by atoms with van der Waals surface area (Å²) in [5, 5.41) is -1.11. The van der Waals surface area contributed by atoms with Gasteiger partial charge in [0.25, 0.3) is 0 Å². The molecular formula is C11H16N4O4S. The monoisotopic (exact) mass is 300 g/mol. The van der Waals surface area contributed by atoms with Crippen LogP contribution in [0.5, 0.6) is 0 Å². The molecule has 0 spiro atoms. The summed E-state index contributed by atoms with van der Waals surface area (Å²) in [6, 6.07) is 1.37. The van der Waals surface area contributed by atoms with Crippen LogP contribution in [-0.2, 0) is 19.1 Å². The van der Waals surface area contributed by atoms with Crippen LogP contribution in [0.3, 0.4) is 0 Å². The van der Waals surface area contributed by atoms with Gasteiger partial charge in [0, 0.05) is 6.07 Å². The Bertz CT molecular complexity index is 459. The first-order valence-corrected chi connectivity index (χ1v) is 6.75. The maximum absolute atomic E-state index is 11.8. The molecule has 0 radical (unpaired) electrons. The van der Waals surface area contributed by atoms with Crippen molar-refractivity contribution in [1.29, 1.82) is 0 Å². The molecule has 0 saturated heterocycles. The Kier molecular flexibility index (Phi) is 6.04. The molecule has 110 valence electrons. The molecule has 0 unspecified atom stereocenters. The number of nitrogens with two attached hydrogens (primary N) is 2. The lowest BCUT2D eigenvalue weighted by Gasteiger charge is -2.13. The number of carbonyl (C=O) groups excluding carboxylic acids is 2. The molecule has 0 aliphatic carbocycles. The lowest BCUT2D eigenvalue weighted by Crippen LogP contribution is -2.31. The van der Waals surface area contributed by atoms with E-state index in [1.165, 1.54) is 6.07 Å². The molecule has 20 heavy (non-hydrogen) atoms. The summed E-state index contributed by atoms with van der Waals surface area (Å²) in [7, 11) is 0. The van der Waals surface area contributed by atoms with Crippen molar-refractivity contribution in [1.82, 2.24) is 9.97 Å². The van der Waals surface area contributed by atoms with Crippen molar-refractivity contribution in [2.45, 2.75) is 24.3 Å². The number of rotatable bonds is 6. The van der Waals surface area contributed by atoms with Crippen molar-refractivity contribution >= 4 is 35.3 Å². The molecule has 0 amide bonds. The fraction of sp³-hybridized carbons (Fsp3) is 0.455. The zero-order chi connectivity index (χ0) is 15.1. The van der Waals surface area contributed by atoms with Gasteiger partial charge < -0.3 is 20.9 Å². The molecule has 0 fully saturated rings. The molecule has 8 nitrogen and oxygen atoms in total. The number of ether oxygens (including phenoxy) is 2. The van der Waals surface area contributed by atoms with Crippen molar-refractivity contribution in [3.63, 3.8) is 0 Å². The number of hydrogen-bond acceptors (Lipinski definition) is 9. The van der Waals surface area contributed by atoms with Gasteiger partial charge in [0.05, 0.1) is 13.2 Å². The van der Waals surface area contributed by atoms with Crippen molar-refractivity contribution < 1.29 is 19.1 Å². The van der Waals surface area contributed by atoms with Crippen LogP contribution in [0.4, 0.5) is 11.6 Å². The SMILES string of the molecule is CCOC(=O)C(Sc1nc(N)cc(N)n1)C(=O)OCC. The third-order valence-corrected chi connectivity index (χ3v) is 2.98. The number of nitrogen functional groups attached to an aromatic ring is 2. The summed E-state index contributed by atoms with van der Waals surface area (Å²) in [5.41, 5.74) is 11.1. The van der Waals surface area contributed by atoms with Crippen LogP contribution in [0.25, 0.3) is 0 Å². The predicted octanol–water partition coefficient (Wildman–Crippen LogP) is 0.228. The molecule has 0 bridgehead atoms. The smallest absolute Gasteiger partial charge is 0.331 e. The van der Waals surface area contributed by atoms with Crippen LogP contribution in [0.2, 0.25) is 0 Å². The highest BCUT2D eigenvalue weighted by atomic mass is 32.2. The van der Waals surface area contributed by atoms with Gasteiger partial charge in [-0.2, -0.15) is 0 Å². The number of carbonyl (C=O) groups is 2. The van der Waals surface area contributed by atoms with Crippen molar-refractivity contribution in [3.05, 3.63) is 6.07 Å². The average Bonchev–Trinajstić information content (AvgIpc) is 2.35. The fourth-order valence-electron chi connectivity index (χ4n) is 1.25. The molecule has 0 aliphatic rings. The maximum Gasteiger partial charge on any atom is 0.331 e. The van der Waals surface area contributed by atoms with E-state index in [9.17, 15) is 9.59 Å². The molecule has 4 N–H and O–H groups in total. The van der Waals surface area contributed by atoms with Crippen molar-refractivity contribution in [2.75, 3.05) is 24.7 Å². The minimum Gasteiger partial charge on any atom is -0.465 e. The topological polar surface area (TPSA) is 130 Å². The number of thioether (sulfide) groups is 1. The maximum atomic E-state index is 11.8. The molecule has 1 aromatic heterocycles. The summed E-state index contributed by atoms with van der Waals surface area (Å²) in [6.07, 6.45) is 0. The average molecular weight is 300 g/mol. The Morgan fingerprint density at radius 1 is 1.15 bits per heavy atom. The van der Waals surface area contributed by atoms with E-state index in [0.29, 0.717) is 0 Å². The highest BCUT2D eigenvalue weighted by Crippen LogP contribution is 2.23. The first kappa shape index (κ1) is 16.0. The minimum atomic E-state index is -1.21. The number of anilines is 2. The van der Waals surface area contributed by atoms with Crippen molar-refractivity contribution in [3.8, 4) is 0 Å². The molecule has 1 rings (SSSR count). The summed E-state index contributed by atoms with van der Waals surface area (Å²) in [5.74, 6) is -1.15. The summed E-state index contributed by atoms with van der Waals surface area (Å²) in [6.45, 7) is 3.57. The molecule has 1 heterocycles. The molecule has 1 aromatic rings. The first-order valence-electron chi connectivity index (χ1n) is 5.87. The van der Waals surface area contributed by atoms with Crippen LogP contribution >= 0.6 is 11.8 Å². The van der Waals surface area contributed by atoms with Gasteiger partial charge in [-0.25, -0.2) is 9.97 Å². The Balaban J connectivity index is 2.93. The quantitative estimate of drug-likeness (QED) is 0.328. The largest absolute Gasteiger partial charge is 0.465 e. The van der Waals surface area contributed by atoms with Crippen LogP contribution in [0.15, 0.2) is 11.2 Å². The molecular weight excluding hydrogens is 284 g/mol. The second-order valence-corrected chi connectivity index (χ2v) is 4.57. The second-order valence-electron chi connectivity index (χ2n) is 3.50.